The van der Waals surface area contributed by atoms with Crippen molar-refractivity contribution in [3.63, 3.8) is 0 Å². The molecule has 0 atom stereocenters. The van der Waals surface area contributed by atoms with Gasteiger partial charge in [0.25, 0.3) is 0 Å². The molecule has 0 saturated heterocycles. The Morgan fingerprint density at radius 2 is 1.86 bits per heavy atom. The van der Waals surface area contributed by atoms with Crippen LogP contribution in [0.2, 0.25) is 0 Å². The average molecular weight is 333 g/mol. The molecule has 1 rings (SSSR count). The van der Waals surface area contributed by atoms with Gasteiger partial charge in [0.05, 0.1) is 19.4 Å². The summed E-state index contributed by atoms with van der Waals surface area (Å²) in [6, 6.07) is 7.46. The van der Waals surface area contributed by atoms with Crippen LogP contribution in [-0.4, -0.2) is 32.2 Å². The molecule has 7 heteroatoms. The lowest BCUT2D eigenvalue weighted by molar-refractivity contribution is -0.107. The van der Waals surface area contributed by atoms with Gasteiger partial charge in [-0.25, -0.2) is 0 Å². The van der Waals surface area contributed by atoms with Gasteiger partial charge in [0.2, 0.25) is 5.24 Å². The van der Waals surface area contributed by atoms with Crippen molar-refractivity contribution in [3.05, 3.63) is 41.5 Å². The average Bonchev–Trinajstić information content (AvgIpc) is 2.50. The number of halogens is 1. The van der Waals surface area contributed by atoms with Gasteiger partial charge in [0.1, 0.15) is 0 Å². The van der Waals surface area contributed by atoms with Crippen LogP contribution in [-0.2, 0) is 29.8 Å². The fourth-order valence-corrected chi connectivity index (χ4v) is 2.44. The van der Waals surface area contributed by atoms with Gasteiger partial charge in [-0.05, 0) is 28.8 Å². The van der Waals surface area contributed by atoms with Crippen molar-refractivity contribution in [3.8, 4) is 0 Å². The maximum Gasteiger partial charge on any atom is 0.332 e. The fraction of sp³-hybridized carbons (Fsp3) is 0.357. The van der Waals surface area contributed by atoms with E-state index in [4.69, 9.17) is 25.4 Å². The minimum absolute atomic E-state index is 0.207. The second-order valence-electron chi connectivity index (χ2n) is 4.13. The zero-order valence-electron chi connectivity index (χ0n) is 12.0. The predicted molar refractivity (Wildman–Crippen MR) is 82.5 cm³/mol. The third-order valence-electron chi connectivity index (χ3n) is 2.72. The Kier molecular flexibility index (Phi) is 7.86. The molecule has 0 heterocycles. The predicted octanol–water partition coefficient (Wildman–Crippen LogP) is 3.47. The van der Waals surface area contributed by atoms with Crippen molar-refractivity contribution in [1.29, 1.82) is 0 Å². The third kappa shape index (κ3) is 7.02. The van der Waals surface area contributed by atoms with Crippen molar-refractivity contribution >= 4 is 30.5 Å². The van der Waals surface area contributed by atoms with E-state index in [1.807, 2.05) is 24.3 Å². The SMILES string of the molecule is COP(=O)(CCOCc1ccc(C=CC(=O)Cl)cc1)OC. The van der Waals surface area contributed by atoms with Gasteiger partial charge in [-0.1, -0.05) is 30.3 Å². The first-order valence-electron chi connectivity index (χ1n) is 6.24. The second-order valence-corrected chi connectivity index (χ2v) is 6.90. The van der Waals surface area contributed by atoms with Gasteiger partial charge in [0.15, 0.2) is 0 Å². The van der Waals surface area contributed by atoms with E-state index in [9.17, 15) is 9.36 Å². The zero-order valence-corrected chi connectivity index (χ0v) is 13.6. The first-order chi connectivity index (χ1) is 9.99. The molecule has 0 aliphatic heterocycles. The quantitative estimate of drug-likeness (QED) is 0.300. The molecule has 5 nitrogen and oxygen atoms in total. The van der Waals surface area contributed by atoms with Gasteiger partial charge in [-0.3, -0.25) is 9.36 Å². The Bertz CT molecular complexity index is 519. The van der Waals surface area contributed by atoms with Crippen molar-refractivity contribution in [2.24, 2.45) is 0 Å². The molecule has 0 radical (unpaired) electrons. The molecule has 0 saturated carbocycles. The number of hydrogen-bond acceptors (Lipinski definition) is 5. The molecule has 0 aliphatic carbocycles. The minimum atomic E-state index is -3.01. The summed E-state index contributed by atoms with van der Waals surface area (Å²) in [5, 5.41) is -0.511. The summed E-state index contributed by atoms with van der Waals surface area (Å²) >= 11 is 5.22. The van der Waals surface area contributed by atoms with E-state index < -0.39 is 12.8 Å². The van der Waals surface area contributed by atoms with E-state index in [1.54, 1.807) is 6.08 Å². The first-order valence-corrected chi connectivity index (χ1v) is 8.34. The lowest BCUT2D eigenvalue weighted by Gasteiger charge is -2.13. The molecule has 1 aromatic carbocycles. The van der Waals surface area contributed by atoms with E-state index >= 15 is 0 Å². The van der Waals surface area contributed by atoms with Gasteiger partial charge in [0, 0.05) is 14.2 Å². The summed E-state index contributed by atoms with van der Waals surface area (Å²) in [6.07, 6.45) is 3.13. The van der Waals surface area contributed by atoms with Crippen LogP contribution >= 0.6 is 19.2 Å². The number of ether oxygens (including phenoxy) is 1. The van der Waals surface area contributed by atoms with Gasteiger partial charge >= 0.3 is 7.60 Å². The van der Waals surface area contributed by atoms with Crippen LogP contribution in [0, 0.1) is 0 Å². The van der Waals surface area contributed by atoms with Crippen LogP contribution in [0.25, 0.3) is 6.08 Å². The molecule has 0 unspecified atom stereocenters. The second kappa shape index (κ2) is 9.13. The summed E-state index contributed by atoms with van der Waals surface area (Å²) in [5.74, 6) is 0. The van der Waals surface area contributed by atoms with E-state index in [-0.39, 0.29) is 12.8 Å². The largest absolute Gasteiger partial charge is 0.376 e. The molecule has 0 fully saturated rings. The third-order valence-corrected chi connectivity index (χ3v) is 4.69. The minimum Gasteiger partial charge on any atom is -0.376 e. The molecule has 0 N–H and O–H groups in total. The van der Waals surface area contributed by atoms with E-state index in [0.717, 1.165) is 11.1 Å². The molecular weight excluding hydrogens is 315 g/mol. The smallest absolute Gasteiger partial charge is 0.332 e. The van der Waals surface area contributed by atoms with Crippen molar-refractivity contribution in [2.75, 3.05) is 27.0 Å². The molecule has 0 amide bonds. The van der Waals surface area contributed by atoms with Gasteiger partial charge < -0.3 is 13.8 Å². The summed E-state index contributed by atoms with van der Waals surface area (Å²) < 4.78 is 26.8. The number of carbonyl (C=O) groups excluding carboxylic acids is 1. The maximum absolute atomic E-state index is 11.8. The van der Waals surface area contributed by atoms with Crippen molar-refractivity contribution in [2.45, 2.75) is 6.61 Å². The lowest BCUT2D eigenvalue weighted by Crippen LogP contribution is -2.03. The van der Waals surface area contributed by atoms with Crippen LogP contribution in [0.15, 0.2) is 30.3 Å². The monoisotopic (exact) mass is 332 g/mol. The molecule has 0 aliphatic rings. The molecule has 0 bridgehead atoms. The van der Waals surface area contributed by atoms with E-state index in [0.29, 0.717) is 6.61 Å². The zero-order chi connectivity index (χ0) is 15.7. The fourth-order valence-electron chi connectivity index (χ4n) is 1.51. The normalized spacial score (nSPS) is 12.0. The van der Waals surface area contributed by atoms with Crippen molar-refractivity contribution < 1.29 is 23.1 Å². The highest BCUT2D eigenvalue weighted by Gasteiger charge is 2.20. The Hall–Kier alpha value is -0.970. The summed E-state index contributed by atoms with van der Waals surface area (Å²) in [5.41, 5.74) is 1.84. The standard InChI is InChI=1S/C14H18ClO5P/c1-18-21(17,19-2)10-9-20-11-13-5-3-12(4-6-13)7-8-14(15)16/h3-8H,9-11H2,1-2H3. The topological polar surface area (TPSA) is 61.8 Å². The molecule has 21 heavy (non-hydrogen) atoms. The van der Waals surface area contributed by atoms with Crippen LogP contribution in [0.1, 0.15) is 11.1 Å². The van der Waals surface area contributed by atoms with E-state index in [2.05, 4.69) is 0 Å². The molecule has 0 aromatic heterocycles. The Morgan fingerprint density at radius 1 is 1.24 bits per heavy atom. The highest BCUT2D eigenvalue weighted by molar-refractivity contribution is 7.53. The number of rotatable bonds is 9. The Balaban J connectivity index is 2.40. The van der Waals surface area contributed by atoms with Gasteiger partial charge in [-0.15, -0.1) is 0 Å². The summed E-state index contributed by atoms with van der Waals surface area (Å²) in [4.78, 5) is 10.6. The van der Waals surface area contributed by atoms with Crippen LogP contribution in [0.4, 0.5) is 0 Å². The van der Waals surface area contributed by atoms with Crippen molar-refractivity contribution in [1.82, 2.24) is 0 Å². The van der Waals surface area contributed by atoms with E-state index in [1.165, 1.54) is 20.3 Å². The molecule has 1 aromatic rings. The lowest BCUT2D eigenvalue weighted by atomic mass is 10.1. The molecule has 0 spiro atoms. The van der Waals surface area contributed by atoms with Crippen LogP contribution < -0.4 is 0 Å². The number of carbonyl (C=O) groups is 1. The highest BCUT2D eigenvalue weighted by atomic mass is 35.5. The highest BCUT2D eigenvalue weighted by Crippen LogP contribution is 2.45. The summed E-state index contributed by atoms with van der Waals surface area (Å²) in [7, 11) is -0.309. The molecular formula is C14H18ClO5P. The Morgan fingerprint density at radius 3 is 2.38 bits per heavy atom. The van der Waals surface area contributed by atoms with Crippen LogP contribution in [0.3, 0.4) is 0 Å². The Labute approximate surface area is 129 Å². The summed E-state index contributed by atoms with van der Waals surface area (Å²) in [6.45, 7) is 0.674. The number of benzene rings is 1. The number of allylic oxidation sites excluding steroid dienone is 1. The van der Waals surface area contributed by atoms with Crippen LogP contribution in [0.5, 0.6) is 0 Å². The maximum atomic E-state index is 11.8. The number of hydrogen-bond donors (Lipinski definition) is 0. The molecule has 116 valence electrons. The van der Waals surface area contributed by atoms with Gasteiger partial charge in [-0.2, -0.15) is 0 Å². The first kappa shape index (κ1) is 18.1.